The second-order valence-electron chi connectivity index (χ2n) is 4.57. The van der Waals surface area contributed by atoms with Crippen molar-refractivity contribution < 1.29 is 0 Å². The monoisotopic (exact) mass is 294 g/mol. The van der Waals surface area contributed by atoms with E-state index in [1.165, 1.54) is 5.56 Å². The maximum Gasteiger partial charge on any atom is 0.216 e. The number of aromatic nitrogens is 3. The molecule has 4 nitrogen and oxygen atoms in total. The molecule has 0 fully saturated rings. The first-order valence-electron chi connectivity index (χ1n) is 6.62. The summed E-state index contributed by atoms with van der Waals surface area (Å²) in [6.07, 6.45) is 2.46. The summed E-state index contributed by atoms with van der Waals surface area (Å²) >= 11 is 5.24. The molecule has 0 aliphatic rings. The molecule has 0 bridgehead atoms. The first-order chi connectivity index (χ1) is 10.3. The van der Waals surface area contributed by atoms with Gasteiger partial charge in [0.15, 0.2) is 5.82 Å². The lowest BCUT2D eigenvalue weighted by Gasteiger charge is -2.01. The van der Waals surface area contributed by atoms with Crippen molar-refractivity contribution in [2.24, 2.45) is 5.10 Å². The molecule has 0 saturated carbocycles. The highest BCUT2D eigenvalue weighted by Gasteiger charge is 2.05. The Morgan fingerprint density at radius 3 is 2.43 bits per heavy atom. The van der Waals surface area contributed by atoms with Crippen LogP contribution in [0.25, 0.3) is 0 Å². The van der Waals surface area contributed by atoms with Crippen LogP contribution in [0.4, 0.5) is 0 Å². The fraction of sp³-hybridized carbons (Fsp3) is 0.0625. The number of aromatic amines is 1. The van der Waals surface area contributed by atoms with Gasteiger partial charge >= 0.3 is 0 Å². The topological polar surface area (TPSA) is 46.0 Å². The van der Waals surface area contributed by atoms with Gasteiger partial charge in [0.1, 0.15) is 0 Å². The third-order valence-corrected chi connectivity index (χ3v) is 3.31. The van der Waals surface area contributed by atoms with Crippen LogP contribution < -0.4 is 0 Å². The van der Waals surface area contributed by atoms with E-state index < -0.39 is 0 Å². The quantitative estimate of drug-likeness (QED) is 0.592. The number of nitrogens with zero attached hydrogens (tertiary/aromatic N) is 3. The maximum absolute atomic E-state index is 5.24. The fourth-order valence-electron chi connectivity index (χ4n) is 2.00. The molecule has 0 unspecified atom stereocenters. The summed E-state index contributed by atoms with van der Waals surface area (Å²) in [7, 11) is 0. The van der Waals surface area contributed by atoms with E-state index in [0.717, 1.165) is 11.4 Å². The smallest absolute Gasteiger partial charge is 0.216 e. The van der Waals surface area contributed by atoms with Crippen LogP contribution in [-0.4, -0.2) is 21.1 Å². The largest absolute Gasteiger partial charge is 0.250 e. The molecule has 1 N–H and O–H groups in total. The molecule has 0 atom stereocenters. The highest BCUT2D eigenvalue weighted by molar-refractivity contribution is 7.71. The van der Waals surface area contributed by atoms with Gasteiger partial charge in [0.2, 0.25) is 4.77 Å². The molecule has 0 radical (unpaired) electrons. The Bertz CT molecular complexity index is 788. The van der Waals surface area contributed by atoms with Gasteiger partial charge in [-0.25, -0.2) is 0 Å². The molecule has 0 saturated heterocycles. The Balaban J connectivity index is 1.87. The van der Waals surface area contributed by atoms with Crippen LogP contribution in [0.15, 0.2) is 65.8 Å². The summed E-state index contributed by atoms with van der Waals surface area (Å²) in [4.78, 5) is 0. The minimum atomic E-state index is 0.494. The Morgan fingerprint density at radius 1 is 1.05 bits per heavy atom. The Hall–Kier alpha value is -2.53. The molecule has 0 spiro atoms. The van der Waals surface area contributed by atoms with Crippen molar-refractivity contribution in [3.8, 4) is 0 Å². The van der Waals surface area contributed by atoms with Crippen LogP contribution in [-0.2, 0) is 6.42 Å². The van der Waals surface area contributed by atoms with E-state index >= 15 is 0 Å². The number of H-pyrrole nitrogens is 1. The summed E-state index contributed by atoms with van der Waals surface area (Å²) < 4.78 is 2.16. The number of nitrogens with one attached hydrogen (secondary N) is 1. The fourth-order valence-corrected chi connectivity index (χ4v) is 2.20. The van der Waals surface area contributed by atoms with Gasteiger partial charge in [0.05, 0.1) is 6.21 Å². The van der Waals surface area contributed by atoms with Gasteiger partial charge < -0.3 is 0 Å². The number of hydrogen-bond acceptors (Lipinski definition) is 3. The molecule has 0 aliphatic heterocycles. The minimum absolute atomic E-state index is 0.494. The lowest BCUT2D eigenvalue weighted by Crippen LogP contribution is -2.00. The van der Waals surface area contributed by atoms with E-state index in [-0.39, 0.29) is 0 Å². The van der Waals surface area contributed by atoms with Gasteiger partial charge in [-0.3, -0.25) is 5.10 Å². The molecule has 3 rings (SSSR count). The number of hydrogen-bond donors (Lipinski definition) is 1. The van der Waals surface area contributed by atoms with E-state index in [9.17, 15) is 0 Å². The highest BCUT2D eigenvalue weighted by Crippen LogP contribution is 2.07. The predicted molar refractivity (Wildman–Crippen MR) is 86.1 cm³/mol. The van der Waals surface area contributed by atoms with Crippen molar-refractivity contribution in [2.75, 3.05) is 0 Å². The van der Waals surface area contributed by atoms with Crippen LogP contribution in [0, 0.1) is 4.77 Å². The first kappa shape index (κ1) is 13.5. The highest BCUT2D eigenvalue weighted by atomic mass is 32.1. The molecule has 5 heteroatoms. The summed E-state index contributed by atoms with van der Waals surface area (Å²) in [5.41, 5.74) is 2.19. The zero-order valence-electron chi connectivity index (χ0n) is 11.3. The third kappa shape index (κ3) is 3.32. The zero-order valence-corrected chi connectivity index (χ0v) is 12.1. The molecule has 1 aromatic heterocycles. The molecule has 0 aliphatic carbocycles. The maximum atomic E-state index is 5.24. The van der Waals surface area contributed by atoms with Crippen molar-refractivity contribution in [1.29, 1.82) is 0 Å². The molecule has 2 aromatic carbocycles. The third-order valence-electron chi connectivity index (χ3n) is 3.04. The number of rotatable bonds is 4. The Labute approximate surface area is 127 Å². The SMILES string of the molecule is S=c1[nH]nc(Cc2ccccc2)n1/N=C\c1ccccc1. The molecule has 21 heavy (non-hydrogen) atoms. The second kappa shape index (κ2) is 6.28. The minimum Gasteiger partial charge on any atom is -0.250 e. The normalized spacial score (nSPS) is 11.0. The molecule has 104 valence electrons. The van der Waals surface area contributed by atoms with Crippen molar-refractivity contribution in [3.63, 3.8) is 0 Å². The van der Waals surface area contributed by atoms with Crippen LogP contribution in [0.2, 0.25) is 0 Å². The molecular formula is C16H14N4S. The predicted octanol–water partition coefficient (Wildman–Crippen LogP) is 3.41. The van der Waals surface area contributed by atoms with Gasteiger partial charge in [0.25, 0.3) is 0 Å². The van der Waals surface area contributed by atoms with Crippen molar-refractivity contribution in [2.45, 2.75) is 6.42 Å². The van der Waals surface area contributed by atoms with E-state index in [2.05, 4.69) is 27.4 Å². The average molecular weight is 294 g/mol. The van der Waals surface area contributed by atoms with Gasteiger partial charge in [-0.15, -0.1) is 0 Å². The molecule has 1 heterocycles. The average Bonchev–Trinajstić information content (AvgIpc) is 2.87. The van der Waals surface area contributed by atoms with Crippen molar-refractivity contribution in [3.05, 3.63) is 82.4 Å². The van der Waals surface area contributed by atoms with Crippen LogP contribution in [0.5, 0.6) is 0 Å². The zero-order chi connectivity index (χ0) is 14.5. The van der Waals surface area contributed by atoms with Gasteiger partial charge in [-0.1, -0.05) is 60.7 Å². The van der Waals surface area contributed by atoms with Crippen LogP contribution in [0.1, 0.15) is 17.0 Å². The van der Waals surface area contributed by atoms with E-state index in [1.54, 1.807) is 10.9 Å². The summed E-state index contributed by atoms with van der Waals surface area (Å²) in [5, 5.41) is 11.5. The summed E-state index contributed by atoms with van der Waals surface area (Å²) in [5.74, 6) is 0.790. The lowest BCUT2D eigenvalue weighted by molar-refractivity contribution is 0.792. The Morgan fingerprint density at radius 2 is 1.71 bits per heavy atom. The standard InChI is InChI=1S/C16H14N4S/c21-16-19-18-15(11-13-7-3-1-4-8-13)20(16)17-12-14-9-5-2-6-10-14/h1-10,12H,11H2,(H,19,21)/b17-12-. The summed E-state index contributed by atoms with van der Waals surface area (Å²) in [6.45, 7) is 0. The molecular weight excluding hydrogens is 280 g/mol. The van der Waals surface area contributed by atoms with Gasteiger partial charge in [-0.2, -0.15) is 14.9 Å². The van der Waals surface area contributed by atoms with Gasteiger partial charge in [0, 0.05) is 6.42 Å². The van der Waals surface area contributed by atoms with E-state index in [4.69, 9.17) is 12.2 Å². The molecule has 0 amide bonds. The summed E-state index contributed by atoms with van der Waals surface area (Å²) in [6, 6.07) is 20.0. The van der Waals surface area contributed by atoms with Crippen LogP contribution >= 0.6 is 12.2 Å². The van der Waals surface area contributed by atoms with Crippen molar-refractivity contribution >= 4 is 18.4 Å². The van der Waals surface area contributed by atoms with Crippen molar-refractivity contribution in [1.82, 2.24) is 14.9 Å². The van der Waals surface area contributed by atoms with E-state index in [0.29, 0.717) is 11.2 Å². The first-order valence-corrected chi connectivity index (χ1v) is 7.03. The van der Waals surface area contributed by atoms with Gasteiger partial charge in [-0.05, 0) is 23.3 Å². The lowest BCUT2D eigenvalue weighted by atomic mass is 10.1. The second-order valence-corrected chi connectivity index (χ2v) is 4.96. The number of benzene rings is 2. The van der Waals surface area contributed by atoms with E-state index in [1.807, 2.05) is 48.5 Å². The molecule has 3 aromatic rings. The van der Waals surface area contributed by atoms with Crippen LogP contribution in [0.3, 0.4) is 0 Å². The Kier molecular flexibility index (Phi) is 4.02.